The summed E-state index contributed by atoms with van der Waals surface area (Å²) in [6, 6.07) is 10.7. The van der Waals surface area contributed by atoms with Crippen LogP contribution < -0.4 is 0 Å². The van der Waals surface area contributed by atoms with Gasteiger partial charge in [0.15, 0.2) is 5.78 Å². The van der Waals surface area contributed by atoms with Crippen molar-refractivity contribution in [3.05, 3.63) is 59.4 Å². The van der Waals surface area contributed by atoms with Crippen LogP contribution in [-0.4, -0.2) is 16.6 Å². The summed E-state index contributed by atoms with van der Waals surface area (Å²) in [6.45, 7) is 0. The number of hydrogen-bond acceptors (Lipinski definition) is 2. The second-order valence-electron chi connectivity index (χ2n) is 4.27. The molecule has 92 valence electrons. The lowest BCUT2D eigenvalue weighted by Crippen LogP contribution is -2.03. The number of Topliss-reactive ketones (excluding diaryl/α,β-unsaturated/α-hetero) is 1. The van der Waals surface area contributed by atoms with E-state index in [0.717, 1.165) is 18.4 Å². The van der Waals surface area contributed by atoms with E-state index >= 15 is 0 Å². The molecule has 1 heterocycles. The van der Waals surface area contributed by atoms with Crippen LogP contribution in [0, 0.1) is 0 Å². The van der Waals surface area contributed by atoms with E-state index in [4.69, 9.17) is 0 Å². The van der Waals surface area contributed by atoms with Crippen LogP contribution in [-0.2, 0) is 13.5 Å². The van der Waals surface area contributed by atoms with E-state index in [-0.39, 0.29) is 5.78 Å². The third-order valence-electron chi connectivity index (χ3n) is 3.03. The van der Waals surface area contributed by atoms with Crippen LogP contribution in [0.25, 0.3) is 0 Å². The molecule has 0 aliphatic heterocycles. The van der Waals surface area contributed by atoms with Gasteiger partial charge in [-0.2, -0.15) is 0 Å². The highest BCUT2D eigenvalue weighted by Crippen LogP contribution is 2.09. The molecule has 0 N–H and O–H groups in total. The van der Waals surface area contributed by atoms with E-state index < -0.39 is 0 Å². The fourth-order valence-corrected chi connectivity index (χ4v) is 1.89. The number of rotatable bonds is 5. The Labute approximate surface area is 106 Å². The lowest BCUT2D eigenvalue weighted by Gasteiger charge is -2.03. The lowest BCUT2D eigenvalue weighted by molar-refractivity contribution is 0.0981. The number of nitrogens with zero attached hydrogens (tertiary/aromatic N) is 1. The molecule has 0 saturated carbocycles. The van der Waals surface area contributed by atoms with Gasteiger partial charge >= 0.3 is 0 Å². The summed E-state index contributed by atoms with van der Waals surface area (Å²) in [5, 5.41) is 0. The second-order valence-corrected chi connectivity index (χ2v) is 4.27. The van der Waals surface area contributed by atoms with Crippen molar-refractivity contribution in [2.75, 3.05) is 0 Å². The molecule has 18 heavy (non-hydrogen) atoms. The van der Waals surface area contributed by atoms with Gasteiger partial charge in [-0.25, -0.2) is 0 Å². The second kappa shape index (κ2) is 5.45. The van der Waals surface area contributed by atoms with Crippen molar-refractivity contribution < 1.29 is 9.59 Å². The number of carbonyl (C=O) groups is 2. The number of ketones is 1. The molecule has 0 saturated heterocycles. The molecule has 0 aliphatic carbocycles. The first kappa shape index (κ1) is 12.3. The standard InChI is InChI=1S/C15H15NO2/c1-16-10-2-3-14(16)8-9-15(18)13-6-4-12(11-17)5-7-13/h2-7,10-11H,8-9H2,1H3. The van der Waals surface area contributed by atoms with Crippen LogP contribution in [0.5, 0.6) is 0 Å². The zero-order valence-corrected chi connectivity index (χ0v) is 10.3. The van der Waals surface area contributed by atoms with Gasteiger partial charge < -0.3 is 4.57 Å². The van der Waals surface area contributed by atoms with E-state index in [1.54, 1.807) is 24.3 Å². The zero-order chi connectivity index (χ0) is 13.0. The predicted octanol–water partition coefficient (Wildman–Crippen LogP) is 2.65. The molecule has 3 nitrogen and oxygen atoms in total. The Hall–Kier alpha value is -2.16. The van der Waals surface area contributed by atoms with Gasteiger partial charge in [-0.3, -0.25) is 9.59 Å². The van der Waals surface area contributed by atoms with Gasteiger partial charge in [0.2, 0.25) is 0 Å². The van der Waals surface area contributed by atoms with Crippen LogP contribution >= 0.6 is 0 Å². The fraction of sp³-hybridized carbons (Fsp3) is 0.200. The Morgan fingerprint density at radius 1 is 1.22 bits per heavy atom. The van der Waals surface area contributed by atoms with Crippen molar-refractivity contribution in [3.8, 4) is 0 Å². The summed E-state index contributed by atoms with van der Waals surface area (Å²) in [5.41, 5.74) is 2.40. The number of aromatic nitrogens is 1. The number of aryl methyl sites for hydroxylation is 2. The average Bonchev–Trinajstić information content (AvgIpc) is 2.81. The molecular weight excluding hydrogens is 226 g/mol. The highest BCUT2D eigenvalue weighted by Gasteiger charge is 2.07. The molecule has 0 aliphatic rings. The topological polar surface area (TPSA) is 39.1 Å². The highest BCUT2D eigenvalue weighted by atomic mass is 16.1. The number of benzene rings is 1. The van der Waals surface area contributed by atoms with Gasteiger partial charge in [-0.1, -0.05) is 24.3 Å². The first-order valence-electron chi connectivity index (χ1n) is 5.89. The van der Waals surface area contributed by atoms with Crippen LogP contribution in [0.4, 0.5) is 0 Å². The van der Waals surface area contributed by atoms with Crippen LogP contribution in [0.15, 0.2) is 42.6 Å². The minimum atomic E-state index is 0.105. The van der Waals surface area contributed by atoms with E-state index in [9.17, 15) is 9.59 Å². The monoisotopic (exact) mass is 241 g/mol. The molecule has 0 fully saturated rings. The first-order chi connectivity index (χ1) is 8.70. The molecule has 3 heteroatoms. The molecule has 2 aromatic rings. The number of carbonyl (C=O) groups excluding carboxylic acids is 2. The maximum absolute atomic E-state index is 12.0. The highest BCUT2D eigenvalue weighted by molar-refractivity contribution is 5.96. The van der Waals surface area contributed by atoms with Crippen molar-refractivity contribution in [1.29, 1.82) is 0 Å². The zero-order valence-electron chi connectivity index (χ0n) is 10.3. The van der Waals surface area contributed by atoms with E-state index in [1.165, 1.54) is 0 Å². The van der Waals surface area contributed by atoms with Gasteiger partial charge in [-0.05, 0) is 18.6 Å². The number of aldehydes is 1. The van der Waals surface area contributed by atoms with Crippen molar-refractivity contribution >= 4 is 12.1 Å². The van der Waals surface area contributed by atoms with Crippen molar-refractivity contribution in [2.45, 2.75) is 12.8 Å². The quantitative estimate of drug-likeness (QED) is 0.596. The Morgan fingerprint density at radius 2 is 1.94 bits per heavy atom. The Bertz CT molecular complexity index is 552. The fourth-order valence-electron chi connectivity index (χ4n) is 1.89. The van der Waals surface area contributed by atoms with Gasteiger partial charge in [0.25, 0.3) is 0 Å². The molecule has 0 amide bonds. The Balaban J connectivity index is 1.99. The maximum atomic E-state index is 12.0. The van der Waals surface area contributed by atoms with Crippen LogP contribution in [0.2, 0.25) is 0 Å². The summed E-state index contributed by atoms with van der Waals surface area (Å²) in [6.07, 6.45) is 3.97. The number of hydrogen-bond donors (Lipinski definition) is 0. The largest absolute Gasteiger partial charge is 0.354 e. The summed E-state index contributed by atoms with van der Waals surface area (Å²) >= 11 is 0. The van der Waals surface area contributed by atoms with Crippen molar-refractivity contribution in [3.63, 3.8) is 0 Å². The summed E-state index contributed by atoms with van der Waals surface area (Å²) in [5.74, 6) is 0.105. The predicted molar refractivity (Wildman–Crippen MR) is 69.9 cm³/mol. The minimum absolute atomic E-state index is 0.105. The summed E-state index contributed by atoms with van der Waals surface area (Å²) in [7, 11) is 1.97. The Kier molecular flexibility index (Phi) is 3.72. The van der Waals surface area contributed by atoms with Gasteiger partial charge in [-0.15, -0.1) is 0 Å². The normalized spacial score (nSPS) is 10.3. The van der Waals surface area contributed by atoms with Crippen LogP contribution in [0.1, 0.15) is 32.8 Å². The average molecular weight is 241 g/mol. The summed E-state index contributed by atoms with van der Waals surface area (Å²) in [4.78, 5) is 22.5. The molecule has 0 unspecified atom stereocenters. The molecule has 0 spiro atoms. The van der Waals surface area contributed by atoms with E-state index in [2.05, 4.69) is 0 Å². The SMILES string of the molecule is Cn1cccc1CCC(=O)c1ccc(C=O)cc1. The van der Waals surface area contributed by atoms with Gasteiger partial charge in [0, 0.05) is 36.5 Å². The van der Waals surface area contributed by atoms with Crippen molar-refractivity contribution in [2.24, 2.45) is 7.05 Å². The molecule has 0 radical (unpaired) electrons. The first-order valence-corrected chi connectivity index (χ1v) is 5.89. The molecule has 0 atom stereocenters. The molecule has 0 bridgehead atoms. The van der Waals surface area contributed by atoms with Crippen LogP contribution in [0.3, 0.4) is 0 Å². The Morgan fingerprint density at radius 3 is 2.50 bits per heavy atom. The van der Waals surface area contributed by atoms with E-state index in [1.807, 2.05) is 29.9 Å². The molecular formula is C15H15NO2. The lowest BCUT2D eigenvalue weighted by atomic mass is 10.0. The smallest absolute Gasteiger partial charge is 0.163 e. The third kappa shape index (κ3) is 2.74. The third-order valence-corrected chi connectivity index (χ3v) is 3.03. The van der Waals surface area contributed by atoms with Gasteiger partial charge in [0.05, 0.1) is 0 Å². The summed E-state index contributed by atoms with van der Waals surface area (Å²) < 4.78 is 2.02. The van der Waals surface area contributed by atoms with E-state index in [0.29, 0.717) is 17.5 Å². The molecule has 1 aromatic heterocycles. The van der Waals surface area contributed by atoms with Gasteiger partial charge in [0.1, 0.15) is 6.29 Å². The van der Waals surface area contributed by atoms with Crippen molar-refractivity contribution in [1.82, 2.24) is 4.57 Å². The molecule has 1 aromatic carbocycles. The molecule has 2 rings (SSSR count). The minimum Gasteiger partial charge on any atom is -0.354 e. The maximum Gasteiger partial charge on any atom is 0.163 e.